The third-order valence-corrected chi connectivity index (χ3v) is 3.08. The lowest BCUT2D eigenvalue weighted by Crippen LogP contribution is -2.24. The monoisotopic (exact) mass is 166 g/mol. The highest BCUT2D eigenvalue weighted by molar-refractivity contribution is 5.85. The van der Waals surface area contributed by atoms with Crippen molar-refractivity contribution < 1.29 is 0 Å². The van der Waals surface area contributed by atoms with Crippen molar-refractivity contribution in [3.05, 3.63) is 0 Å². The van der Waals surface area contributed by atoms with E-state index in [4.69, 9.17) is 5.73 Å². The fraction of sp³-hybridized carbons (Fsp3) is 0.900. The molecular formula is C10H18N2. The van der Waals surface area contributed by atoms with Crippen molar-refractivity contribution >= 4 is 5.84 Å². The van der Waals surface area contributed by atoms with Crippen LogP contribution in [-0.2, 0) is 0 Å². The largest absolute Gasteiger partial charge is 0.387 e. The number of nitrogens with two attached hydrogens (primary N) is 1. The number of nitrogens with zero attached hydrogens (tertiary/aromatic N) is 1. The molecular weight excluding hydrogens is 148 g/mol. The van der Waals surface area contributed by atoms with E-state index in [0.29, 0.717) is 5.92 Å². The van der Waals surface area contributed by atoms with Crippen molar-refractivity contribution in [2.75, 3.05) is 0 Å². The Labute approximate surface area is 74.2 Å². The maximum atomic E-state index is 5.89. The molecule has 0 heterocycles. The minimum atomic E-state index is 0.201. The summed E-state index contributed by atoms with van der Waals surface area (Å²) >= 11 is 0. The Morgan fingerprint density at radius 2 is 1.92 bits per heavy atom. The topological polar surface area (TPSA) is 38.4 Å². The van der Waals surface area contributed by atoms with Gasteiger partial charge in [0.25, 0.3) is 0 Å². The third-order valence-electron chi connectivity index (χ3n) is 3.08. The molecule has 0 spiro atoms. The van der Waals surface area contributed by atoms with Gasteiger partial charge in [-0.05, 0) is 32.6 Å². The molecule has 2 heteroatoms. The van der Waals surface area contributed by atoms with Gasteiger partial charge in [0.2, 0.25) is 0 Å². The van der Waals surface area contributed by atoms with Gasteiger partial charge in [0, 0.05) is 5.92 Å². The van der Waals surface area contributed by atoms with Crippen LogP contribution in [0.3, 0.4) is 0 Å². The van der Waals surface area contributed by atoms with Crippen LogP contribution in [0.15, 0.2) is 4.99 Å². The average Bonchev–Trinajstić information content (AvgIpc) is 2.77. The van der Waals surface area contributed by atoms with Gasteiger partial charge >= 0.3 is 0 Å². The fourth-order valence-electron chi connectivity index (χ4n) is 2.03. The molecule has 2 nitrogen and oxygen atoms in total. The second-order valence-corrected chi connectivity index (χ2v) is 4.51. The molecule has 0 atom stereocenters. The first-order valence-electron chi connectivity index (χ1n) is 5.05. The van der Waals surface area contributed by atoms with Gasteiger partial charge in [-0.15, -0.1) is 0 Å². The van der Waals surface area contributed by atoms with E-state index in [0.717, 1.165) is 5.84 Å². The molecule has 2 fully saturated rings. The molecule has 0 aromatic rings. The van der Waals surface area contributed by atoms with Crippen LogP contribution in [0.4, 0.5) is 0 Å². The summed E-state index contributed by atoms with van der Waals surface area (Å²) in [5, 5.41) is 0. The van der Waals surface area contributed by atoms with Crippen LogP contribution in [0, 0.1) is 5.92 Å². The first kappa shape index (κ1) is 8.09. The van der Waals surface area contributed by atoms with Gasteiger partial charge in [0.15, 0.2) is 0 Å². The molecule has 2 rings (SSSR count). The smallest absolute Gasteiger partial charge is 0.0975 e. The molecule has 0 aromatic carbocycles. The zero-order chi connectivity index (χ0) is 8.60. The van der Waals surface area contributed by atoms with E-state index in [1.165, 1.54) is 38.5 Å². The molecule has 0 amide bonds. The van der Waals surface area contributed by atoms with E-state index < -0.39 is 0 Å². The van der Waals surface area contributed by atoms with Crippen molar-refractivity contribution in [3.8, 4) is 0 Å². The first-order chi connectivity index (χ1) is 5.70. The van der Waals surface area contributed by atoms with Crippen LogP contribution >= 0.6 is 0 Å². The Morgan fingerprint density at radius 1 is 1.33 bits per heavy atom. The van der Waals surface area contributed by atoms with Crippen LogP contribution in [0.2, 0.25) is 0 Å². The van der Waals surface area contributed by atoms with Crippen molar-refractivity contribution in [2.24, 2.45) is 16.6 Å². The second-order valence-electron chi connectivity index (χ2n) is 4.51. The molecule has 12 heavy (non-hydrogen) atoms. The van der Waals surface area contributed by atoms with E-state index in [2.05, 4.69) is 11.9 Å². The summed E-state index contributed by atoms with van der Waals surface area (Å²) in [6.45, 7) is 2.25. The minimum absolute atomic E-state index is 0.201. The predicted octanol–water partition coefficient (Wildman–Crippen LogP) is 2.09. The molecule has 2 aliphatic rings. The van der Waals surface area contributed by atoms with Gasteiger partial charge in [-0.3, -0.25) is 4.99 Å². The summed E-state index contributed by atoms with van der Waals surface area (Å²) in [5.74, 6) is 1.57. The summed E-state index contributed by atoms with van der Waals surface area (Å²) in [6, 6.07) is 0. The zero-order valence-electron chi connectivity index (χ0n) is 7.84. The Hall–Kier alpha value is -0.530. The Morgan fingerprint density at radius 3 is 2.42 bits per heavy atom. The Kier molecular flexibility index (Phi) is 1.85. The lowest BCUT2D eigenvalue weighted by atomic mass is 10.0. The van der Waals surface area contributed by atoms with E-state index in [-0.39, 0.29) is 5.54 Å². The van der Waals surface area contributed by atoms with Gasteiger partial charge in [0.05, 0.1) is 11.4 Å². The van der Waals surface area contributed by atoms with Gasteiger partial charge in [0.1, 0.15) is 0 Å². The standard InChI is InChI=1S/C10H18N2/c1-10(6-2-3-7-10)12-9(11)8-4-5-8/h8H,2-7H2,1H3,(H2,11,12). The number of hydrogen-bond donors (Lipinski definition) is 1. The van der Waals surface area contributed by atoms with Crippen LogP contribution in [0.25, 0.3) is 0 Å². The normalized spacial score (nSPS) is 29.2. The summed E-state index contributed by atoms with van der Waals surface area (Å²) in [4.78, 5) is 4.66. The van der Waals surface area contributed by atoms with Crippen LogP contribution < -0.4 is 5.73 Å². The first-order valence-corrected chi connectivity index (χ1v) is 5.05. The molecule has 0 saturated heterocycles. The molecule has 2 aliphatic carbocycles. The summed E-state index contributed by atoms with van der Waals surface area (Å²) in [6.07, 6.45) is 7.67. The van der Waals surface area contributed by atoms with E-state index >= 15 is 0 Å². The lowest BCUT2D eigenvalue weighted by molar-refractivity contribution is 0.488. The quantitative estimate of drug-likeness (QED) is 0.495. The van der Waals surface area contributed by atoms with Crippen LogP contribution in [0.5, 0.6) is 0 Å². The number of aliphatic imine (C=N–C) groups is 1. The SMILES string of the molecule is CC1(N=C(N)C2CC2)CCCC1. The number of amidine groups is 1. The molecule has 2 N–H and O–H groups in total. The number of rotatable bonds is 2. The molecule has 0 bridgehead atoms. The molecule has 0 aromatic heterocycles. The zero-order valence-corrected chi connectivity index (χ0v) is 7.84. The maximum Gasteiger partial charge on any atom is 0.0975 e. The Bertz CT molecular complexity index is 198. The molecule has 68 valence electrons. The van der Waals surface area contributed by atoms with E-state index in [9.17, 15) is 0 Å². The molecule has 0 aliphatic heterocycles. The van der Waals surface area contributed by atoms with Gasteiger partial charge in [-0.25, -0.2) is 0 Å². The summed E-state index contributed by atoms with van der Waals surface area (Å²) in [5.41, 5.74) is 6.10. The van der Waals surface area contributed by atoms with Gasteiger partial charge in [-0.1, -0.05) is 12.8 Å². The molecule has 0 unspecified atom stereocenters. The third kappa shape index (κ3) is 1.62. The van der Waals surface area contributed by atoms with Crippen molar-refractivity contribution in [2.45, 2.75) is 51.0 Å². The molecule has 0 radical (unpaired) electrons. The van der Waals surface area contributed by atoms with Crippen LogP contribution in [-0.4, -0.2) is 11.4 Å². The summed E-state index contributed by atoms with van der Waals surface area (Å²) in [7, 11) is 0. The highest BCUT2D eigenvalue weighted by Crippen LogP contribution is 2.35. The predicted molar refractivity (Wildman–Crippen MR) is 51.2 cm³/mol. The van der Waals surface area contributed by atoms with Crippen molar-refractivity contribution in [1.82, 2.24) is 0 Å². The average molecular weight is 166 g/mol. The number of hydrogen-bond acceptors (Lipinski definition) is 1. The van der Waals surface area contributed by atoms with Gasteiger partial charge < -0.3 is 5.73 Å². The van der Waals surface area contributed by atoms with Crippen molar-refractivity contribution in [3.63, 3.8) is 0 Å². The second kappa shape index (κ2) is 2.75. The van der Waals surface area contributed by atoms with Crippen LogP contribution in [0.1, 0.15) is 45.4 Å². The Balaban J connectivity index is 2.02. The highest BCUT2D eigenvalue weighted by Gasteiger charge is 2.32. The van der Waals surface area contributed by atoms with E-state index in [1.54, 1.807) is 0 Å². The highest BCUT2D eigenvalue weighted by atomic mass is 15.0. The fourth-order valence-corrected chi connectivity index (χ4v) is 2.03. The molecule has 2 saturated carbocycles. The van der Waals surface area contributed by atoms with Crippen molar-refractivity contribution in [1.29, 1.82) is 0 Å². The van der Waals surface area contributed by atoms with E-state index in [1.807, 2.05) is 0 Å². The maximum absolute atomic E-state index is 5.89. The lowest BCUT2D eigenvalue weighted by Gasteiger charge is -2.18. The van der Waals surface area contributed by atoms with Gasteiger partial charge in [-0.2, -0.15) is 0 Å². The minimum Gasteiger partial charge on any atom is -0.387 e. The summed E-state index contributed by atoms with van der Waals surface area (Å²) < 4.78 is 0.